The van der Waals surface area contributed by atoms with Gasteiger partial charge in [0.05, 0.1) is 4.47 Å². The summed E-state index contributed by atoms with van der Waals surface area (Å²) < 4.78 is 18.9. The van der Waals surface area contributed by atoms with Crippen molar-refractivity contribution < 1.29 is 19.0 Å². The van der Waals surface area contributed by atoms with E-state index in [-0.39, 0.29) is 22.3 Å². The van der Waals surface area contributed by atoms with Gasteiger partial charge in [-0.2, -0.15) is 0 Å². The molecule has 0 saturated heterocycles. The fraction of sp³-hybridized carbons (Fsp3) is 0. The minimum atomic E-state index is -1.22. The van der Waals surface area contributed by atoms with E-state index >= 15 is 0 Å². The number of carbonyl (C=O) groups is 1. The highest BCUT2D eigenvalue weighted by Gasteiger charge is 2.15. The van der Waals surface area contributed by atoms with E-state index in [4.69, 9.17) is 21.4 Å². The number of rotatable bonds is 3. The molecule has 0 aliphatic rings. The van der Waals surface area contributed by atoms with Gasteiger partial charge in [-0.15, -0.1) is 0 Å². The first kappa shape index (κ1) is 13.8. The van der Waals surface area contributed by atoms with E-state index in [1.807, 2.05) is 0 Å². The van der Waals surface area contributed by atoms with Crippen LogP contribution in [-0.4, -0.2) is 16.1 Å². The van der Waals surface area contributed by atoms with Crippen LogP contribution in [0, 0.1) is 5.82 Å². The Hall–Kier alpha value is -1.66. The molecule has 0 aliphatic heterocycles. The van der Waals surface area contributed by atoms with E-state index < -0.39 is 11.8 Å². The second-order valence-electron chi connectivity index (χ2n) is 3.47. The first-order valence-electron chi connectivity index (χ1n) is 5.00. The van der Waals surface area contributed by atoms with Crippen LogP contribution in [0.15, 0.2) is 34.8 Å². The van der Waals surface area contributed by atoms with Crippen LogP contribution in [0.2, 0.25) is 5.15 Å². The third-order valence-corrected chi connectivity index (χ3v) is 3.02. The molecule has 0 spiro atoms. The van der Waals surface area contributed by atoms with E-state index in [0.717, 1.165) is 6.07 Å². The first-order chi connectivity index (χ1) is 8.97. The van der Waals surface area contributed by atoms with Gasteiger partial charge >= 0.3 is 5.97 Å². The Balaban J connectivity index is 2.45. The largest absolute Gasteiger partial charge is 0.477 e. The maximum absolute atomic E-state index is 13.1. The number of halogens is 3. The van der Waals surface area contributed by atoms with Crippen molar-refractivity contribution in [1.82, 2.24) is 4.98 Å². The van der Waals surface area contributed by atoms with Gasteiger partial charge in [0.25, 0.3) is 0 Å². The zero-order valence-corrected chi connectivity index (χ0v) is 11.6. The summed E-state index contributed by atoms with van der Waals surface area (Å²) in [5.74, 6) is -1.83. The number of carboxylic acid groups (broad SMARTS) is 1. The molecular formula is C12H6BrClFNO3. The topological polar surface area (TPSA) is 59.4 Å². The number of benzene rings is 1. The van der Waals surface area contributed by atoms with Crippen LogP contribution < -0.4 is 4.74 Å². The molecule has 0 aliphatic carbocycles. The van der Waals surface area contributed by atoms with Gasteiger partial charge in [-0.3, -0.25) is 0 Å². The van der Waals surface area contributed by atoms with Crippen molar-refractivity contribution in [2.24, 2.45) is 0 Å². The molecule has 1 aromatic carbocycles. The zero-order valence-electron chi connectivity index (χ0n) is 9.23. The van der Waals surface area contributed by atoms with Crippen molar-refractivity contribution in [1.29, 1.82) is 0 Å². The van der Waals surface area contributed by atoms with Gasteiger partial charge in [-0.1, -0.05) is 11.6 Å². The monoisotopic (exact) mass is 345 g/mol. The molecule has 1 aromatic heterocycles. The van der Waals surface area contributed by atoms with E-state index in [2.05, 4.69) is 20.9 Å². The van der Waals surface area contributed by atoms with Crippen LogP contribution in [0.4, 0.5) is 4.39 Å². The van der Waals surface area contributed by atoms with Gasteiger partial charge in [-0.05, 0) is 40.2 Å². The van der Waals surface area contributed by atoms with Crippen LogP contribution >= 0.6 is 27.5 Å². The van der Waals surface area contributed by atoms with Crippen molar-refractivity contribution in [3.05, 3.63) is 51.3 Å². The highest BCUT2D eigenvalue weighted by Crippen LogP contribution is 2.31. The normalized spacial score (nSPS) is 10.3. The molecule has 2 aromatic rings. The number of aromatic nitrogens is 1. The van der Waals surface area contributed by atoms with E-state index in [0.29, 0.717) is 4.47 Å². The molecule has 0 fully saturated rings. The van der Waals surface area contributed by atoms with Crippen molar-refractivity contribution in [3.63, 3.8) is 0 Å². The molecule has 0 atom stereocenters. The minimum Gasteiger partial charge on any atom is -0.477 e. The van der Waals surface area contributed by atoms with Crippen molar-refractivity contribution >= 4 is 33.5 Å². The number of hydrogen-bond acceptors (Lipinski definition) is 3. The molecule has 4 nitrogen and oxygen atoms in total. The number of carboxylic acids is 1. The highest BCUT2D eigenvalue weighted by atomic mass is 79.9. The molecule has 2 rings (SSSR count). The van der Waals surface area contributed by atoms with Gasteiger partial charge in [0.2, 0.25) is 5.88 Å². The summed E-state index contributed by atoms with van der Waals surface area (Å²) in [6.07, 6.45) is 0. The number of aromatic carboxylic acids is 1. The third-order valence-electron chi connectivity index (χ3n) is 2.16. The Bertz CT molecular complexity index is 651. The lowest BCUT2D eigenvalue weighted by atomic mass is 10.3. The average Bonchev–Trinajstić information content (AvgIpc) is 2.33. The Morgan fingerprint density at radius 1 is 1.37 bits per heavy atom. The first-order valence-corrected chi connectivity index (χ1v) is 6.17. The van der Waals surface area contributed by atoms with Crippen LogP contribution in [0.3, 0.4) is 0 Å². The minimum absolute atomic E-state index is 0.0764. The fourth-order valence-electron chi connectivity index (χ4n) is 1.32. The molecule has 0 bridgehead atoms. The van der Waals surface area contributed by atoms with Crippen LogP contribution in [0.1, 0.15) is 10.4 Å². The molecule has 0 unspecified atom stereocenters. The second kappa shape index (κ2) is 5.54. The standard InChI is InChI=1S/C12H6BrClFNO3/c13-8-3-1-6(15)5-9(8)19-11-7(12(17)18)2-4-10(14)16-11/h1-5H,(H,17,18). The van der Waals surface area contributed by atoms with Crippen LogP contribution in [0.25, 0.3) is 0 Å². The zero-order chi connectivity index (χ0) is 14.0. The summed E-state index contributed by atoms with van der Waals surface area (Å²) >= 11 is 8.86. The highest BCUT2D eigenvalue weighted by molar-refractivity contribution is 9.10. The maximum Gasteiger partial charge on any atom is 0.341 e. The lowest BCUT2D eigenvalue weighted by molar-refractivity contribution is 0.0693. The van der Waals surface area contributed by atoms with E-state index in [1.165, 1.54) is 24.3 Å². The Morgan fingerprint density at radius 2 is 2.11 bits per heavy atom. The SMILES string of the molecule is O=C(O)c1ccc(Cl)nc1Oc1cc(F)ccc1Br. The Kier molecular flexibility index (Phi) is 4.01. The summed E-state index contributed by atoms with van der Waals surface area (Å²) in [5, 5.41) is 9.09. The van der Waals surface area contributed by atoms with Gasteiger partial charge < -0.3 is 9.84 Å². The molecular weight excluding hydrogens is 340 g/mol. The molecule has 1 heterocycles. The fourth-order valence-corrected chi connectivity index (χ4v) is 1.79. The number of ether oxygens (including phenoxy) is 1. The molecule has 19 heavy (non-hydrogen) atoms. The molecule has 0 saturated carbocycles. The van der Waals surface area contributed by atoms with Gasteiger partial charge in [0, 0.05) is 6.07 Å². The predicted molar refractivity (Wildman–Crippen MR) is 70.4 cm³/mol. The predicted octanol–water partition coefficient (Wildman–Crippen LogP) is 4.13. The van der Waals surface area contributed by atoms with Crippen LogP contribution in [-0.2, 0) is 0 Å². The van der Waals surface area contributed by atoms with E-state index in [1.54, 1.807) is 0 Å². The average molecular weight is 347 g/mol. The lowest BCUT2D eigenvalue weighted by Crippen LogP contribution is -2.02. The number of nitrogens with zero attached hydrogens (tertiary/aromatic N) is 1. The third kappa shape index (κ3) is 3.21. The molecule has 98 valence electrons. The lowest BCUT2D eigenvalue weighted by Gasteiger charge is -2.09. The summed E-state index contributed by atoms with van der Waals surface area (Å²) in [6, 6.07) is 6.38. The quantitative estimate of drug-likeness (QED) is 0.849. The molecule has 0 amide bonds. The van der Waals surface area contributed by atoms with Crippen LogP contribution in [0.5, 0.6) is 11.6 Å². The maximum atomic E-state index is 13.1. The smallest absolute Gasteiger partial charge is 0.341 e. The second-order valence-corrected chi connectivity index (χ2v) is 4.71. The van der Waals surface area contributed by atoms with Crippen molar-refractivity contribution in [2.45, 2.75) is 0 Å². The molecule has 7 heteroatoms. The van der Waals surface area contributed by atoms with Gasteiger partial charge in [-0.25, -0.2) is 14.2 Å². The number of hydrogen-bond donors (Lipinski definition) is 1. The summed E-state index contributed by atoms with van der Waals surface area (Å²) in [6.45, 7) is 0. The van der Waals surface area contributed by atoms with E-state index in [9.17, 15) is 9.18 Å². The summed E-state index contributed by atoms with van der Waals surface area (Å²) in [5.41, 5.74) is -0.166. The Morgan fingerprint density at radius 3 is 2.79 bits per heavy atom. The molecule has 1 N–H and O–H groups in total. The van der Waals surface area contributed by atoms with Crippen molar-refractivity contribution in [3.8, 4) is 11.6 Å². The molecule has 0 radical (unpaired) electrons. The number of pyridine rings is 1. The van der Waals surface area contributed by atoms with Gasteiger partial charge in [0.15, 0.2) is 0 Å². The van der Waals surface area contributed by atoms with Gasteiger partial charge in [0.1, 0.15) is 22.3 Å². The summed E-state index contributed by atoms with van der Waals surface area (Å²) in [7, 11) is 0. The summed E-state index contributed by atoms with van der Waals surface area (Å²) in [4.78, 5) is 14.8. The van der Waals surface area contributed by atoms with Crippen molar-refractivity contribution in [2.75, 3.05) is 0 Å². The Labute approximate surface area is 120 Å².